The number of carbonyl (C=O) groups excluding carboxylic acids is 1. The summed E-state index contributed by atoms with van der Waals surface area (Å²) in [6.07, 6.45) is 7.65. The summed E-state index contributed by atoms with van der Waals surface area (Å²) in [5.41, 5.74) is 8.41. The minimum atomic E-state index is 0. The Morgan fingerprint density at radius 3 is 2.23 bits per heavy atom. The van der Waals surface area contributed by atoms with Crippen LogP contribution in [0.25, 0.3) is 44.1 Å². The molecule has 0 bridgehead atoms. The number of fused-ring (bicyclic) bond motifs is 6. The van der Waals surface area contributed by atoms with Crippen LogP contribution in [0.3, 0.4) is 0 Å². The summed E-state index contributed by atoms with van der Waals surface area (Å²) in [7, 11) is 0. The average Bonchev–Trinajstić information content (AvgIpc) is 3.48. The summed E-state index contributed by atoms with van der Waals surface area (Å²) in [4.78, 5) is 21.0. The SMILES string of the molecule is CCC(CC)C(=O)/C=C(\O)C(CC)CC.Cc1ccc2ccc(-c3ncnc4c3oc3c5c(ccc34)C(C)(C)CC5(C)C)[c-]c2c1.[Ir]. The zero-order chi connectivity index (χ0) is 33.4. The van der Waals surface area contributed by atoms with Crippen LogP contribution in [0.1, 0.15) is 104 Å². The summed E-state index contributed by atoms with van der Waals surface area (Å²) in [5.74, 6) is 0.547. The summed E-state index contributed by atoms with van der Waals surface area (Å²) in [5, 5.41) is 13.1. The van der Waals surface area contributed by atoms with Gasteiger partial charge in [-0.15, -0.1) is 29.7 Å². The fraction of sp³-hybridized carbons (Fsp3) is 0.439. The van der Waals surface area contributed by atoms with Crippen LogP contribution in [-0.4, -0.2) is 20.9 Å². The summed E-state index contributed by atoms with van der Waals surface area (Å²) < 4.78 is 6.60. The number of aliphatic hydroxyl groups is 1. The van der Waals surface area contributed by atoms with Gasteiger partial charge >= 0.3 is 0 Å². The predicted molar refractivity (Wildman–Crippen MR) is 190 cm³/mol. The van der Waals surface area contributed by atoms with Gasteiger partial charge in [-0.2, -0.15) is 0 Å². The Morgan fingerprint density at radius 1 is 0.915 bits per heavy atom. The molecule has 5 nitrogen and oxygen atoms in total. The van der Waals surface area contributed by atoms with Crippen molar-refractivity contribution in [2.45, 2.75) is 105 Å². The molecule has 47 heavy (non-hydrogen) atoms. The molecule has 1 aliphatic rings. The first kappa shape index (κ1) is 36.5. The number of carbonyl (C=O) groups is 1. The third-order valence-corrected chi connectivity index (χ3v) is 9.96. The van der Waals surface area contributed by atoms with E-state index in [1.54, 1.807) is 6.33 Å². The van der Waals surface area contributed by atoms with Gasteiger partial charge in [-0.1, -0.05) is 90.1 Å². The molecule has 0 saturated heterocycles. The van der Waals surface area contributed by atoms with E-state index in [4.69, 9.17) is 4.42 Å². The van der Waals surface area contributed by atoms with Gasteiger partial charge in [0.25, 0.3) is 0 Å². The molecule has 251 valence electrons. The fourth-order valence-electron chi connectivity index (χ4n) is 7.56. The average molecular weight is 810 g/mol. The number of hydrogen-bond acceptors (Lipinski definition) is 5. The van der Waals surface area contributed by atoms with Crippen LogP contribution < -0.4 is 0 Å². The Balaban J connectivity index is 0.000000269. The van der Waals surface area contributed by atoms with Crippen LogP contribution in [-0.2, 0) is 35.7 Å². The van der Waals surface area contributed by atoms with Crippen LogP contribution in [0.15, 0.2) is 65.0 Å². The number of benzene rings is 3. The predicted octanol–water partition coefficient (Wildman–Crippen LogP) is 11.1. The van der Waals surface area contributed by atoms with Crippen molar-refractivity contribution < 1.29 is 34.4 Å². The molecule has 0 unspecified atom stereocenters. The van der Waals surface area contributed by atoms with E-state index < -0.39 is 0 Å². The zero-order valence-corrected chi connectivity index (χ0v) is 31.8. The normalized spacial score (nSPS) is 15.2. The zero-order valence-electron chi connectivity index (χ0n) is 29.4. The molecular weight excluding hydrogens is 761 g/mol. The van der Waals surface area contributed by atoms with E-state index in [0.29, 0.717) is 0 Å². The van der Waals surface area contributed by atoms with Crippen LogP contribution in [0.5, 0.6) is 0 Å². The largest absolute Gasteiger partial charge is 0.512 e. The number of aromatic nitrogens is 2. The summed E-state index contributed by atoms with van der Waals surface area (Å²) in [6.45, 7) is 19.5. The second-order valence-corrected chi connectivity index (χ2v) is 14.3. The van der Waals surface area contributed by atoms with E-state index in [0.717, 1.165) is 70.8 Å². The van der Waals surface area contributed by atoms with E-state index >= 15 is 0 Å². The number of furan rings is 1. The number of allylic oxidation sites excluding steroid dienone is 2. The first-order chi connectivity index (χ1) is 21.8. The van der Waals surface area contributed by atoms with Crippen molar-refractivity contribution in [1.29, 1.82) is 0 Å². The molecule has 0 fully saturated rings. The van der Waals surface area contributed by atoms with Crippen molar-refractivity contribution in [3.05, 3.63) is 83.4 Å². The van der Waals surface area contributed by atoms with Gasteiger partial charge in [0.2, 0.25) is 0 Å². The first-order valence-corrected chi connectivity index (χ1v) is 16.9. The Morgan fingerprint density at radius 2 is 1.57 bits per heavy atom. The van der Waals surface area contributed by atoms with Gasteiger partial charge in [0.15, 0.2) is 5.78 Å². The van der Waals surface area contributed by atoms with Crippen LogP contribution in [0.4, 0.5) is 0 Å². The number of nitrogens with zero attached hydrogens (tertiary/aromatic N) is 2. The Hall–Kier alpha value is -3.34. The third kappa shape index (κ3) is 7.10. The Bertz CT molecular complexity index is 1930. The molecule has 0 aliphatic heterocycles. The maximum absolute atomic E-state index is 11.7. The van der Waals surface area contributed by atoms with E-state index in [-0.39, 0.29) is 54.3 Å². The van der Waals surface area contributed by atoms with Gasteiger partial charge < -0.3 is 9.52 Å². The number of ketones is 1. The Kier molecular flexibility index (Phi) is 11.2. The molecule has 0 amide bonds. The monoisotopic (exact) mass is 810 g/mol. The molecule has 1 radical (unpaired) electrons. The second kappa shape index (κ2) is 14.4. The molecular formula is C41H49IrN2O3-. The summed E-state index contributed by atoms with van der Waals surface area (Å²) in [6, 6.07) is 18.6. The van der Waals surface area contributed by atoms with Gasteiger partial charge in [0.05, 0.1) is 11.5 Å². The number of rotatable bonds is 8. The molecule has 6 heteroatoms. The molecule has 0 spiro atoms. The molecule has 0 atom stereocenters. The van der Waals surface area contributed by atoms with Crippen LogP contribution >= 0.6 is 0 Å². The Labute approximate surface area is 293 Å². The molecule has 0 saturated carbocycles. The number of aryl methyl sites for hydroxylation is 1. The minimum absolute atomic E-state index is 0. The van der Waals surface area contributed by atoms with Crippen LogP contribution in [0, 0.1) is 24.8 Å². The van der Waals surface area contributed by atoms with Crippen molar-refractivity contribution in [2.24, 2.45) is 11.8 Å². The molecule has 1 aliphatic carbocycles. The van der Waals surface area contributed by atoms with E-state index in [1.807, 2.05) is 27.7 Å². The molecule has 3 aromatic carbocycles. The van der Waals surface area contributed by atoms with Crippen LogP contribution in [0.2, 0.25) is 0 Å². The van der Waals surface area contributed by atoms with E-state index in [1.165, 1.54) is 28.2 Å². The maximum Gasteiger partial charge on any atom is 0.162 e. The van der Waals surface area contributed by atoms with Crippen molar-refractivity contribution in [1.82, 2.24) is 9.97 Å². The molecule has 6 rings (SSSR count). The van der Waals surface area contributed by atoms with Gasteiger partial charge in [0, 0.05) is 49.0 Å². The minimum Gasteiger partial charge on any atom is -0.512 e. The van der Waals surface area contributed by atoms with Crippen molar-refractivity contribution in [3.63, 3.8) is 0 Å². The van der Waals surface area contributed by atoms with Crippen molar-refractivity contribution in [3.8, 4) is 11.3 Å². The third-order valence-electron chi connectivity index (χ3n) is 9.96. The molecule has 2 aromatic heterocycles. The molecule has 1 N–H and O–H groups in total. The van der Waals surface area contributed by atoms with Gasteiger partial charge in [0.1, 0.15) is 23.0 Å². The topological polar surface area (TPSA) is 76.2 Å². The van der Waals surface area contributed by atoms with Gasteiger partial charge in [-0.3, -0.25) is 9.78 Å². The number of hydrogen-bond donors (Lipinski definition) is 1. The van der Waals surface area contributed by atoms with Crippen molar-refractivity contribution >= 4 is 38.6 Å². The molecule has 5 aromatic rings. The smallest absolute Gasteiger partial charge is 0.162 e. The quantitative estimate of drug-likeness (QED) is 0.0960. The second-order valence-electron chi connectivity index (χ2n) is 14.3. The van der Waals surface area contributed by atoms with E-state index in [9.17, 15) is 9.90 Å². The van der Waals surface area contributed by atoms with Gasteiger partial charge in [-0.05, 0) is 61.5 Å². The number of aliphatic hydroxyl groups excluding tert-OH is 1. The standard InChI is InChI=1S/C28H25N2O.C13H24O2.Ir/c1-16-6-7-17-8-9-18(13-19(17)12-16)23-26-24(30-15-29-23)20-10-11-21-22(25(20)31-26)28(4,5)14-27(21,2)3;1-5-10(6-2)12(14)9-13(15)11(7-3)8-4;/h6-12,15H,14H2,1-5H3;9-11,14H,5-8H2,1-4H3;/q-1;;/b;12-9-;. The molecule has 2 heterocycles. The summed E-state index contributed by atoms with van der Waals surface area (Å²) >= 11 is 0. The van der Waals surface area contributed by atoms with Crippen molar-refractivity contribution in [2.75, 3.05) is 0 Å². The van der Waals surface area contributed by atoms with Gasteiger partial charge in [-0.25, -0.2) is 4.98 Å². The maximum atomic E-state index is 11.7. The van der Waals surface area contributed by atoms with E-state index in [2.05, 4.69) is 93.1 Å². The first-order valence-electron chi connectivity index (χ1n) is 16.9. The fourth-order valence-corrected chi connectivity index (χ4v) is 7.56.